The highest BCUT2D eigenvalue weighted by Gasteiger charge is 2.35. The second-order valence-electron chi connectivity index (χ2n) is 6.97. The van der Waals surface area contributed by atoms with Crippen LogP contribution in [0.1, 0.15) is 18.4 Å². The molecule has 30 heavy (non-hydrogen) atoms. The number of sulfonamides is 1. The summed E-state index contributed by atoms with van der Waals surface area (Å²) in [5, 5.41) is 5.11. The third-order valence-electron chi connectivity index (χ3n) is 4.99. The van der Waals surface area contributed by atoms with E-state index in [9.17, 15) is 18.0 Å². The first-order valence-corrected chi connectivity index (χ1v) is 11.1. The summed E-state index contributed by atoms with van der Waals surface area (Å²) in [7, 11) is -2.19. The van der Waals surface area contributed by atoms with Crippen LogP contribution < -0.4 is 15.4 Å². The summed E-state index contributed by atoms with van der Waals surface area (Å²) < 4.78 is 32.4. The van der Waals surface area contributed by atoms with Crippen molar-refractivity contribution in [1.82, 2.24) is 14.9 Å². The van der Waals surface area contributed by atoms with E-state index in [2.05, 4.69) is 10.6 Å². The molecule has 0 spiro atoms. The van der Waals surface area contributed by atoms with Crippen LogP contribution in [0.15, 0.2) is 59.5 Å². The second kappa shape index (κ2) is 9.73. The fraction of sp³-hybridized carbons (Fsp3) is 0.333. The van der Waals surface area contributed by atoms with Crippen molar-refractivity contribution in [3.63, 3.8) is 0 Å². The van der Waals surface area contributed by atoms with Gasteiger partial charge in [0.25, 0.3) is 0 Å². The number of nitrogens with one attached hydrogen (secondary N) is 2. The van der Waals surface area contributed by atoms with Crippen molar-refractivity contribution in [3.8, 4) is 5.75 Å². The molecular formula is C21H25N3O5S. The number of amides is 2. The molecule has 0 aromatic heterocycles. The van der Waals surface area contributed by atoms with Crippen LogP contribution in [0.3, 0.4) is 0 Å². The first-order chi connectivity index (χ1) is 14.4. The van der Waals surface area contributed by atoms with E-state index in [0.29, 0.717) is 25.1 Å². The van der Waals surface area contributed by atoms with Gasteiger partial charge in [-0.15, -0.1) is 0 Å². The SMILES string of the molecule is COc1ccc(S(=O)(=O)N2CCC[C@H]2CNC(=O)C(=O)NCc2ccccc2)cc1. The van der Waals surface area contributed by atoms with E-state index in [1.165, 1.54) is 23.5 Å². The lowest BCUT2D eigenvalue weighted by Gasteiger charge is -2.24. The summed E-state index contributed by atoms with van der Waals surface area (Å²) in [5.74, 6) is -0.957. The van der Waals surface area contributed by atoms with Gasteiger partial charge in [0.1, 0.15) is 5.75 Å². The second-order valence-corrected chi connectivity index (χ2v) is 8.86. The van der Waals surface area contributed by atoms with Crippen LogP contribution in [0.4, 0.5) is 0 Å². The number of hydrogen-bond donors (Lipinski definition) is 2. The number of carbonyl (C=O) groups is 2. The number of methoxy groups -OCH3 is 1. The van der Waals surface area contributed by atoms with Gasteiger partial charge in [-0.05, 0) is 42.7 Å². The van der Waals surface area contributed by atoms with E-state index in [1.807, 2.05) is 30.3 Å². The molecule has 0 aliphatic carbocycles. The predicted molar refractivity (Wildman–Crippen MR) is 111 cm³/mol. The fourth-order valence-electron chi connectivity index (χ4n) is 3.36. The zero-order valence-corrected chi connectivity index (χ0v) is 17.5. The molecule has 1 heterocycles. The molecule has 2 amide bonds. The highest BCUT2D eigenvalue weighted by Crippen LogP contribution is 2.26. The normalized spacial score (nSPS) is 16.8. The zero-order chi connectivity index (χ0) is 21.6. The number of rotatable bonds is 7. The molecule has 8 nitrogen and oxygen atoms in total. The average molecular weight is 432 g/mol. The Morgan fingerprint density at radius 3 is 2.37 bits per heavy atom. The Kier molecular flexibility index (Phi) is 7.07. The monoisotopic (exact) mass is 431 g/mol. The van der Waals surface area contributed by atoms with Crippen molar-refractivity contribution in [2.24, 2.45) is 0 Å². The van der Waals surface area contributed by atoms with Crippen molar-refractivity contribution in [3.05, 3.63) is 60.2 Å². The van der Waals surface area contributed by atoms with Gasteiger partial charge in [0.2, 0.25) is 10.0 Å². The lowest BCUT2D eigenvalue weighted by Crippen LogP contribution is -2.46. The molecule has 2 aromatic carbocycles. The minimum absolute atomic E-state index is 0.0764. The minimum Gasteiger partial charge on any atom is -0.497 e. The van der Waals surface area contributed by atoms with Gasteiger partial charge < -0.3 is 15.4 Å². The summed E-state index contributed by atoms with van der Waals surface area (Å²) in [6, 6.07) is 15.0. The van der Waals surface area contributed by atoms with Crippen LogP contribution in [0.5, 0.6) is 5.75 Å². The van der Waals surface area contributed by atoms with Gasteiger partial charge in [-0.2, -0.15) is 4.31 Å². The highest BCUT2D eigenvalue weighted by atomic mass is 32.2. The Hall–Kier alpha value is -2.91. The average Bonchev–Trinajstić information content (AvgIpc) is 3.26. The maximum atomic E-state index is 13.0. The number of hydrogen-bond acceptors (Lipinski definition) is 5. The maximum Gasteiger partial charge on any atom is 0.309 e. The Balaban J connectivity index is 1.56. The standard InChI is InChI=1S/C21H25N3O5S/c1-29-18-9-11-19(12-10-18)30(27,28)24-13-5-8-17(24)15-23-21(26)20(25)22-14-16-6-3-2-4-7-16/h2-4,6-7,9-12,17H,5,8,13-15H2,1H3,(H,22,25)(H,23,26)/t17-/m0/s1. The van der Waals surface area contributed by atoms with Gasteiger partial charge in [-0.3, -0.25) is 9.59 Å². The first-order valence-electron chi connectivity index (χ1n) is 9.67. The molecule has 9 heteroatoms. The molecule has 160 valence electrons. The molecule has 0 radical (unpaired) electrons. The quantitative estimate of drug-likeness (QED) is 0.643. The molecule has 1 saturated heterocycles. The molecule has 2 N–H and O–H groups in total. The van der Waals surface area contributed by atoms with Crippen molar-refractivity contribution in [2.75, 3.05) is 20.2 Å². The maximum absolute atomic E-state index is 13.0. The third-order valence-corrected chi connectivity index (χ3v) is 6.96. The molecule has 1 atom stereocenters. The van der Waals surface area contributed by atoms with Crippen molar-refractivity contribution < 1.29 is 22.7 Å². The van der Waals surface area contributed by atoms with Gasteiger partial charge in [0.15, 0.2) is 0 Å². The van der Waals surface area contributed by atoms with Crippen molar-refractivity contribution in [1.29, 1.82) is 0 Å². The first kappa shape index (κ1) is 21.8. The fourth-order valence-corrected chi connectivity index (χ4v) is 5.05. The molecule has 2 aromatic rings. The van der Waals surface area contributed by atoms with Crippen LogP contribution >= 0.6 is 0 Å². The van der Waals surface area contributed by atoms with Crippen molar-refractivity contribution in [2.45, 2.75) is 30.3 Å². The lowest BCUT2D eigenvalue weighted by atomic mass is 10.2. The van der Waals surface area contributed by atoms with Gasteiger partial charge in [-0.25, -0.2) is 8.42 Å². The lowest BCUT2D eigenvalue weighted by molar-refractivity contribution is -0.139. The Bertz CT molecular complexity index is 977. The number of benzene rings is 2. The third kappa shape index (κ3) is 5.17. The van der Waals surface area contributed by atoms with Gasteiger partial charge in [-0.1, -0.05) is 30.3 Å². The minimum atomic E-state index is -3.70. The van der Waals surface area contributed by atoms with E-state index in [1.54, 1.807) is 12.1 Å². The Morgan fingerprint density at radius 2 is 1.70 bits per heavy atom. The molecule has 3 rings (SSSR count). The molecule has 1 fully saturated rings. The number of nitrogens with zero attached hydrogens (tertiary/aromatic N) is 1. The molecule has 0 saturated carbocycles. The summed E-state index contributed by atoms with van der Waals surface area (Å²) >= 11 is 0. The summed E-state index contributed by atoms with van der Waals surface area (Å²) in [6.45, 7) is 0.691. The Morgan fingerprint density at radius 1 is 1.03 bits per heavy atom. The Labute approximate surface area is 176 Å². The predicted octanol–water partition coefficient (Wildman–Crippen LogP) is 1.28. The molecule has 0 unspecified atom stereocenters. The van der Waals surface area contributed by atoms with Crippen LogP contribution in [-0.2, 0) is 26.2 Å². The van der Waals surface area contributed by atoms with E-state index < -0.39 is 27.9 Å². The molecular weight excluding hydrogens is 406 g/mol. The topological polar surface area (TPSA) is 105 Å². The van der Waals surface area contributed by atoms with E-state index >= 15 is 0 Å². The summed E-state index contributed by atoms with van der Waals surface area (Å²) in [4.78, 5) is 24.3. The van der Waals surface area contributed by atoms with Crippen LogP contribution in [0.25, 0.3) is 0 Å². The van der Waals surface area contributed by atoms with Gasteiger partial charge >= 0.3 is 11.8 Å². The molecule has 1 aliphatic rings. The smallest absolute Gasteiger partial charge is 0.309 e. The molecule has 0 bridgehead atoms. The van der Waals surface area contributed by atoms with Crippen LogP contribution in [0, 0.1) is 0 Å². The summed E-state index contributed by atoms with van der Waals surface area (Å²) in [6.07, 6.45) is 1.30. The summed E-state index contributed by atoms with van der Waals surface area (Å²) in [5.41, 5.74) is 0.881. The number of carbonyl (C=O) groups excluding carboxylic acids is 2. The van der Waals surface area contributed by atoms with Gasteiger partial charge in [0.05, 0.1) is 12.0 Å². The zero-order valence-electron chi connectivity index (χ0n) is 16.7. The van der Waals surface area contributed by atoms with E-state index in [-0.39, 0.29) is 18.0 Å². The van der Waals surface area contributed by atoms with Crippen LogP contribution in [0.2, 0.25) is 0 Å². The van der Waals surface area contributed by atoms with Crippen LogP contribution in [-0.4, -0.2) is 50.8 Å². The van der Waals surface area contributed by atoms with E-state index in [0.717, 1.165) is 5.56 Å². The van der Waals surface area contributed by atoms with Gasteiger partial charge in [0, 0.05) is 25.7 Å². The largest absolute Gasteiger partial charge is 0.497 e. The van der Waals surface area contributed by atoms with E-state index in [4.69, 9.17) is 4.74 Å². The van der Waals surface area contributed by atoms with Crippen molar-refractivity contribution >= 4 is 21.8 Å². The highest BCUT2D eigenvalue weighted by molar-refractivity contribution is 7.89. The number of ether oxygens (including phenoxy) is 1. The molecule has 1 aliphatic heterocycles.